The van der Waals surface area contributed by atoms with Crippen LogP contribution in [0.5, 0.6) is 0 Å². The molecule has 0 radical (unpaired) electrons. The standard InChI is InChI=1S/C11H18N2O6/c1-7-11(2,3-4-19-7)13-10(17)12-8(14)5-18-6-9(15)16/h7H,3-6H2,1-2H3,(H,15,16)(H2,12,13,14,17). The molecule has 2 unspecified atom stereocenters. The second-order valence-corrected chi connectivity index (χ2v) is 4.57. The summed E-state index contributed by atoms with van der Waals surface area (Å²) in [5.41, 5.74) is -0.522. The van der Waals surface area contributed by atoms with E-state index in [4.69, 9.17) is 9.84 Å². The van der Waals surface area contributed by atoms with E-state index in [2.05, 4.69) is 15.4 Å². The van der Waals surface area contributed by atoms with Crippen molar-refractivity contribution < 1.29 is 29.0 Å². The number of aliphatic carboxylic acids is 1. The Hall–Kier alpha value is -1.67. The number of carboxylic acid groups (broad SMARTS) is 1. The van der Waals surface area contributed by atoms with E-state index >= 15 is 0 Å². The van der Waals surface area contributed by atoms with Crippen molar-refractivity contribution in [2.75, 3.05) is 19.8 Å². The van der Waals surface area contributed by atoms with Crippen LogP contribution in [0.15, 0.2) is 0 Å². The molecule has 3 amide bonds. The van der Waals surface area contributed by atoms with Crippen molar-refractivity contribution in [1.29, 1.82) is 0 Å². The van der Waals surface area contributed by atoms with Crippen LogP contribution in [0, 0.1) is 0 Å². The lowest BCUT2D eigenvalue weighted by Crippen LogP contribution is -2.55. The molecule has 1 fully saturated rings. The maximum atomic E-state index is 11.6. The lowest BCUT2D eigenvalue weighted by molar-refractivity contribution is -0.143. The van der Waals surface area contributed by atoms with Crippen molar-refractivity contribution in [2.24, 2.45) is 0 Å². The molecule has 0 aliphatic carbocycles. The summed E-state index contributed by atoms with van der Waals surface area (Å²) in [5, 5.41) is 13.0. The first-order valence-corrected chi connectivity index (χ1v) is 5.86. The number of urea groups is 1. The second kappa shape index (κ2) is 6.48. The van der Waals surface area contributed by atoms with Gasteiger partial charge in [-0.3, -0.25) is 10.1 Å². The molecule has 1 heterocycles. The van der Waals surface area contributed by atoms with Crippen LogP contribution in [-0.4, -0.2) is 54.5 Å². The molecule has 0 bridgehead atoms. The summed E-state index contributed by atoms with van der Waals surface area (Å²) in [7, 11) is 0. The van der Waals surface area contributed by atoms with Gasteiger partial charge in [0.05, 0.1) is 11.6 Å². The van der Waals surface area contributed by atoms with Crippen LogP contribution >= 0.6 is 0 Å². The van der Waals surface area contributed by atoms with E-state index in [0.29, 0.717) is 13.0 Å². The number of nitrogens with one attached hydrogen (secondary N) is 2. The largest absolute Gasteiger partial charge is 0.480 e. The molecular formula is C11H18N2O6. The molecule has 1 rings (SSSR count). The fraction of sp³-hybridized carbons (Fsp3) is 0.727. The average Bonchev–Trinajstić information content (AvgIpc) is 2.57. The summed E-state index contributed by atoms with van der Waals surface area (Å²) in [6.07, 6.45) is 0.516. The molecule has 2 atom stereocenters. The molecule has 0 saturated carbocycles. The van der Waals surface area contributed by atoms with Crippen LogP contribution in [-0.2, 0) is 19.1 Å². The Labute approximate surface area is 110 Å². The summed E-state index contributed by atoms with van der Waals surface area (Å²) < 4.78 is 9.91. The van der Waals surface area contributed by atoms with Crippen molar-refractivity contribution in [3.8, 4) is 0 Å². The number of carboxylic acids is 1. The van der Waals surface area contributed by atoms with Gasteiger partial charge >= 0.3 is 12.0 Å². The molecule has 0 spiro atoms. The van der Waals surface area contributed by atoms with Crippen LogP contribution in [0.2, 0.25) is 0 Å². The molecule has 8 nitrogen and oxygen atoms in total. The van der Waals surface area contributed by atoms with Crippen LogP contribution in [0.25, 0.3) is 0 Å². The van der Waals surface area contributed by atoms with Gasteiger partial charge in [0.1, 0.15) is 13.2 Å². The van der Waals surface area contributed by atoms with Gasteiger partial charge < -0.3 is 19.9 Å². The third kappa shape index (κ3) is 4.84. The summed E-state index contributed by atoms with van der Waals surface area (Å²) in [5.74, 6) is -1.88. The van der Waals surface area contributed by atoms with Crippen molar-refractivity contribution in [3.63, 3.8) is 0 Å². The van der Waals surface area contributed by atoms with Crippen molar-refractivity contribution in [3.05, 3.63) is 0 Å². The van der Waals surface area contributed by atoms with Gasteiger partial charge in [-0.25, -0.2) is 9.59 Å². The van der Waals surface area contributed by atoms with Gasteiger partial charge in [-0.2, -0.15) is 0 Å². The van der Waals surface area contributed by atoms with E-state index in [1.165, 1.54) is 0 Å². The van der Waals surface area contributed by atoms with Gasteiger partial charge in [-0.05, 0) is 20.3 Å². The molecule has 3 N–H and O–H groups in total. The quantitative estimate of drug-likeness (QED) is 0.621. The van der Waals surface area contributed by atoms with E-state index in [1.54, 1.807) is 0 Å². The smallest absolute Gasteiger partial charge is 0.329 e. The Morgan fingerprint density at radius 1 is 1.42 bits per heavy atom. The maximum absolute atomic E-state index is 11.6. The molecule has 8 heteroatoms. The highest BCUT2D eigenvalue weighted by Crippen LogP contribution is 2.24. The van der Waals surface area contributed by atoms with Crippen LogP contribution < -0.4 is 10.6 Å². The van der Waals surface area contributed by atoms with E-state index in [0.717, 1.165) is 0 Å². The Morgan fingerprint density at radius 2 is 2.11 bits per heavy atom. The van der Waals surface area contributed by atoms with Crippen LogP contribution in [0.3, 0.4) is 0 Å². The molecule has 108 valence electrons. The number of hydrogen-bond acceptors (Lipinski definition) is 5. The zero-order valence-electron chi connectivity index (χ0n) is 10.9. The summed E-state index contributed by atoms with van der Waals surface area (Å²) in [6, 6.07) is -0.649. The number of carbonyl (C=O) groups is 3. The highest BCUT2D eigenvalue weighted by atomic mass is 16.5. The fourth-order valence-electron chi connectivity index (χ4n) is 1.68. The Bertz CT molecular complexity index is 372. The van der Waals surface area contributed by atoms with Gasteiger partial charge in [-0.1, -0.05) is 0 Å². The monoisotopic (exact) mass is 274 g/mol. The molecule has 0 aromatic heterocycles. The Balaban J connectivity index is 2.30. The first-order chi connectivity index (χ1) is 8.83. The summed E-state index contributed by atoms with van der Waals surface area (Å²) in [6.45, 7) is 3.15. The normalized spacial score (nSPS) is 25.9. The average molecular weight is 274 g/mol. The zero-order valence-corrected chi connectivity index (χ0v) is 10.9. The number of rotatable bonds is 5. The van der Waals surface area contributed by atoms with Gasteiger partial charge in [0.25, 0.3) is 5.91 Å². The van der Waals surface area contributed by atoms with Crippen LogP contribution in [0.1, 0.15) is 20.3 Å². The Morgan fingerprint density at radius 3 is 2.63 bits per heavy atom. The molecule has 1 aliphatic heterocycles. The minimum atomic E-state index is -1.18. The van der Waals surface area contributed by atoms with Gasteiger partial charge in [0.15, 0.2) is 0 Å². The third-order valence-corrected chi connectivity index (χ3v) is 3.00. The fourth-order valence-corrected chi connectivity index (χ4v) is 1.68. The summed E-state index contributed by atoms with van der Waals surface area (Å²) >= 11 is 0. The first-order valence-electron chi connectivity index (χ1n) is 5.86. The molecule has 1 aliphatic rings. The number of ether oxygens (including phenoxy) is 2. The lowest BCUT2D eigenvalue weighted by Gasteiger charge is -2.28. The van der Waals surface area contributed by atoms with Crippen molar-refractivity contribution in [1.82, 2.24) is 10.6 Å². The minimum Gasteiger partial charge on any atom is -0.480 e. The SMILES string of the molecule is CC1OCCC1(C)NC(=O)NC(=O)COCC(=O)O. The lowest BCUT2D eigenvalue weighted by atomic mass is 9.95. The number of imide groups is 1. The number of amides is 3. The Kier molecular flexibility index (Phi) is 5.25. The minimum absolute atomic E-state index is 0.142. The predicted molar refractivity (Wildman–Crippen MR) is 63.6 cm³/mol. The molecule has 0 aromatic carbocycles. The number of hydrogen-bond donors (Lipinski definition) is 3. The first kappa shape index (κ1) is 15.4. The van der Waals surface area contributed by atoms with Crippen LogP contribution in [0.4, 0.5) is 4.79 Å². The van der Waals surface area contributed by atoms with Gasteiger partial charge in [0, 0.05) is 6.61 Å². The molecular weight excluding hydrogens is 256 g/mol. The zero-order chi connectivity index (χ0) is 14.5. The van der Waals surface area contributed by atoms with E-state index in [-0.39, 0.29) is 6.10 Å². The predicted octanol–water partition coefficient (Wildman–Crippen LogP) is -0.519. The topological polar surface area (TPSA) is 114 Å². The highest BCUT2D eigenvalue weighted by molar-refractivity contribution is 5.95. The highest BCUT2D eigenvalue weighted by Gasteiger charge is 2.38. The van der Waals surface area contributed by atoms with Crippen molar-refractivity contribution in [2.45, 2.75) is 31.9 Å². The van der Waals surface area contributed by atoms with E-state index in [1.807, 2.05) is 13.8 Å². The van der Waals surface area contributed by atoms with Crippen molar-refractivity contribution >= 4 is 17.9 Å². The summed E-state index contributed by atoms with van der Waals surface area (Å²) in [4.78, 5) is 33.0. The molecule has 19 heavy (non-hydrogen) atoms. The van der Waals surface area contributed by atoms with E-state index in [9.17, 15) is 14.4 Å². The van der Waals surface area contributed by atoms with E-state index < -0.39 is 36.7 Å². The molecule has 0 aromatic rings. The maximum Gasteiger partial charge on any atom is 0.329 e. The number of carbonyl (C=O) groups excluding carboxylic acids is 2. The second-order valence-electron chi connectivity index (χ2n) is 4.57. The molecule has 1 saturated heterocycles. The van der Waals surface area contributed by atoms with Gasteiger partial charge in [-0.15, -0.1) is 0 Å². The van der Waals surface area contributed by atoms with Gasteiger partial charge in [0.2, 0.25) is 0 Å². The third-order valence-electron chi connectivity index (χ3n) is 3.00.